The molecule has 3 N–H and O–H groups in total. The molecule has 0 aliphatic carbocycles. The van der Waals surface area contributed by atoms with E-state index in [-0.39, 0.29) is 6.17 Å². The average Bonchev–Trinajstić information content (AvgIpc) is 2.28. The van der Waals surface area contributed by atoms with Gasteiger partial charge in [0.1, 0.15) is 0 Å². The van der Waals surface area contributed by atoms with Crippen LogP contribution in [0.25, 0.3) is 0 Å². The number of likely N-dealkylation sites (N-methyl/N-ethyl adjacent to an activating group) is 1. The maximum absolute atomic E-state index is 6.03. The summed E-state index contributed by atoms with van der Waals surface area (Å²) in [5.74, 6) is 0. The summed E-state index contributed by atoms with van der Waals surface area (Å²) in [6, 6.07) is 0. The molecule has 0 aromatic rings. The molecule has 4 nitrogen and oxygen atoms in total. The van der Waals surface area contributed by atoms with E-state index in [0.717, 1.165) is 23.5 Å². The van der Waals surface area contributed by atoms with E-state index in [1.54, 1.807) is 0 Å². The predicted octanol–water partition coefficient (Wildman–Crippen LogP) is 1.32. The predicted molar refractivity (Wildman–Crippen MR) is 71.3 cm³/mol. The minimum Gasteiger partial charge on any atom is -0.378 e. The molecule has 0 rings (SSSR count). The van der Waals surface area contributed by atoms with Gasteiger partial charge in [-0.1, -0.05) is 6.58 Å². The van der Waals surface area contributed by atoms with E-state index in [2.05, 4.69) is 35.6 Å². The van der Waals surface area contributed by atoms with Gasteiger partial charge in [0, 0.05) is 36.8 Å². The van der Waals surface area contributed by atoms with E-state index in [0.29, 0.717) is 0 Å². The fourth-order valence-corrected chi connectivity index (χ4v) is 1.51. The van der Waals surface area contributed by atoms with Gasteiger partial charge in [0.15, 0.2) is 0 Å². The zero-order valence-corrected chi connectivity index (χ0v) is 11.0. The smallest absolute Gasteiger partial charge is 0.0842 e. The van der Waals surface area contributed by atoms with Crippen LogP contribution in [0.2, 0.25) is 0 Å². The summed E-state index contributed by atoms with van der Waals surface area (Å²) < 4.78 is 0. The van der Waals surface area contributed by atoms with Crippen molar-refractivity contribution in [1.82, 2.24) is 10.2 Å². The number of hydrogen-bond donors (Lipinski definition) is 2. The molecule has 0 radical (unpaired) electrons. The van der Waals surface area contributed by atoms with Crippen molar-refractivity contribution in [2.45, 2.75) is 26.9 Å². The summed E-state index contributed by atoms with van der Waals surface area (Å²) in [4.78, 5) is 6.36. The minimum absolute atomic E-state index is 0.210. The Kier molecular flexibility index (Phi) is 6.69. The van der Waals surface area contributed by atoms with Gasteiger partial charge in [0.25, 0.3) is 0 Å². The van der Waals surface area contributed by atoms with Gasteiger partial charge in [-0.05, 0) is 27.8 Å². The van der Waals surface area contributed by atoms with Crippen LogP contribution < -0.4 is 11.1 Å². The van der Waals surface area contributed by atoms with Crippen LogP contribution in [0, 0.1) is 0 Å². The molecule has 4 heteroatoms. The van der Waals surface area contributed by atoms with Gasteiger partial charge in [0.05, 0.1) is 6.17 Å². The number of nitrogens with zero attached hydrogens (tertiary/aromatic N) is 2. The number of hydrogen-bond acceptors (Lipinski definition) is 4. The minimum atomic E-state index is -0.210. The molecule has 1 unspecified atom stereocenters. The highest BCUT2D eigenvalue weighted by Gasteiger charge is 2.15. The summed E-state index contributed by atoms with van der Waals surface area (Å²) >= 11 is 0. The summed E-state index contributed by atoms with van der Waals surface area (Å²) in [6.07, 6.45) is 1.33. The van der Waals surface area contributed by atoms with Crippen molar-refractivity contribution in [2.24, 2.45) is 10.7 Å². The quantitative estimate of drug-likeness (QED) is 0.528. The van der Waals surface area contributed by atoms with Crippen LogP contribution in [0.3, 0.4) is 0 Å². The van der Waals surface area contributed by atoms with Crippen molar-refractivity contribution in [3.63, 3.8) is 0 Å². The number of rotatable bonds is 6. The molecule has 0 amide bonds. The highest BCUT2D eigenvalue weighted by Crippen LogP contribution is 2.12. The second kappa shape index (κ2) is 7.19. The first-order chi connectivity index (χ1) is 7.49. The third-order valence-electron chi connectivity index (χ3n) is 2.73. The van der Waals surface area contributed by atoms with Crippen molar-refractivity contribution in [3.05, 3.63) is 24.0 Å². The fraction of sp³-hybridized carbons (Fsp3) is 0.583. The number of nitrogens with two attached hydrogens (primary N) is 1. The first kappa shape index (κ1) is 14.9. The van der Waals surface area contributed by atoms with E-state index >= 15 is 0 Å². The Balaban J connectivity index is 5.38. The van der Waals surface area contributed by atoms with E-state index in [1.165, 1.54) is 6.20 Å². The van der Waals surface area contributed by atoms with Crippen LogP contribution in [0.4, 0.5) is 0 Å². The van der Waals surface area contributed by atoms with Crippen LogP contribution >= 0.6 is 0 Å². The van der Waals surface area contributed by atoms with Crippen LogP contribution in [-0.2, 0) is 0 Å². The van der Waals surface area contributed by atoms with E-state index < -0.39 is 0 Å². The fourth-order valence-electron chi connectivity index (χ4n) is 1.51. The lowest BCUT2D eigenvalue weighted by molar-refractivity contribution is 0.434. The Morgan fingerprint density at radius 2 is 2.12 bits per heavy atom. The normalized spacial score (nSPS) is 15.5. The van der Waals surface area contributed by atoms with Crippen molar-refractivity contribution >= 4 is 5.71 Å². The molecule has 0 aromatic heterocycles. The van der Waals surface area contributed by atoms with Gasteiger partial charge < -0.3 is 16.0 Å². The maximum atomic E-state index is 6.03. The molecular formula is C12H24N4. The summed E-state index contributed by atoms with van der Waals surface area (Å²) in [5.41, 5.74) is 9.08. The van der Waals surface area contributed by atoms with Crippen molar-refractivity contribution in [1.29, 1.82) is 0 Å². The topological polar surface area (TPSA) is 53.6 Å². The largest absolute Gasteiger partial charge is 0.378 e. The van der Waals surface area contributed by atoms with Crippen molar-refractivity contribution < 1.29 is 0 Å². The monoisotopic (exact) mass is 224 g/mol. The lowest BCUT2D eigenvalue weighted by atomic mass is 10.1. The highest BCUT2D eigenvalue weighted by molar-refractivity contribution is 6.00. The van der Waals surface area contributed by atoms with Gasteiger partial charge in [-0.3, -0.25) is 4.99 Å². The maximum Gasteiger partial charge on any atom is 0.0842 e. The lowest BCUT2D eigenvalue weighted by Gasteiger charge is -2.25. The molecule has 0 bridgehead atoms. The van der Waals surface area contributed by atoms with Crippen molar-refractivity contribution in [2.75, 3.05) is 20.6 Å². The van der Waals surface area contributed by atoms with Crippen LogP contribution in [0.1, 0.15) is 20.8 Å². The van der Waals surface area contributed by atoms with Gasteiger partial charge >= 0.3 is 0 Å². The van der Waals surface area contributed by atoms with Crippen LogP contribution in [0.15, 0.2) is 29.0 Å². The Morgan fingerprint density at radius 3 is 2.50 bits per heavy atom. The molecule has 0 aromatic carbocycles. The van der Waals surface area contributed by atoms with Gasteiger partial charge in [0.2, 0.25) is 0 Å². The zero-order chi connectivity index (χ0) is 12.7. The van der Waals surface area contributed by atoms with E-state index in [9.17, 15) is 0 Å². The molecule has 1 atom stereocenters. The summed E-state index contributed by atoms with van der Waals surface area (Å²) in [5, 5.41) is 3.04. The van der Waals surface area contributed by atoms with E-state index in [4.69, 9.17) is 5.73 Å². The highest BCUT2D eigenvalue weighted by atomic mass is 15.1. The van der Waals surface area contributed by atoms with Gasteiger partial charge in [-0.15, -0.1) is 0 Å². The second-order valence-electron chi connectivity index (χ2n) is 3.68. The van der Waals surface area contributed by atoms with Crippen LogP contribution in [0.5, 0.6) is 0 Å². The molecule has 0 spiro atoms. The van der Waals surface area contributed by atoms with Gasteiger partial charge in [-0.2, -0.15) is 0 Å². The molecule has 0 saturated heterocycles. The molecule has 16 heavy (non-hydrogen) atoms. The molecule has 0 aliphatic rings. The molecule has 92 valence electrons. The third-order valence-corrected chi connectivity index (χ3v) is 2.73. The van der Waals surface area contributed by atoms with Gasteiger partial charge in [-0.25, -0.2) is 0 Å². The average molecular weight is 224 g/mol. The molecule has 0 saturated carbocycles. The first-order valence-electron chi connectivity index (χ1n) is 5.49. The third kappa shape index (κ3) is 3.79. The second-order valence-corrected chi connectivity index (χ2v) is 3.68. The SMILES string of the molecule is C=CN=C(C)/C(=C(\C)N(C)CC)C(N)NC. The Hall–Kier alpha value is -1.13. The Morgan fingerprint density at radius 1 is 1.56 bits per heavy atom. The first-order valence-corrected chi connectivity index (χ1v) is 5.49. The molecule has 0 fully saturated rings. The summed E-state index contributed by atoms with van der Waals surface area (Å²) in [7, 11) is 3.88. The van der Waals surface area contributed by atoms with Crippen LogP contribution in [-0.4, -0.2) is 37.4 Å². The molecule has 0 heterocycles. The van der Waals surface area contributed by atoms with Crippen molar-refractivity contribution in [3.8, 4) is 0 Å². The summed E-state index contributed by atoms with van der Waals surface area (Å²) in [6.45, 7) is 10.6. The zero-order valence-electron chi connectivity index (χ0n) is 11.0. The number of nitrogens with one attached hydrogen (secondary N) is 1. The van der Waals surface area contributed by atoms with E-state index in [1.807, 2.05) is 21.0 Å². The molecule has 0 aliphatic heterocycles. The Labute approximate surface area is 98.9 Å². The number of aliphatic imine (C=N–C) groups is 1. The lowest BCUT2D eigenvalue weighted by Crippen LogP contribution is -2.40. The number of allylic oxidation sites excluding steroid dienone is 1. The standard InChI is InChI=1S/C12H24N4/c1-7-15-9(3)11(12(13)14-5)10(4)16(6)8-2/h7,12,14H,1,8,13H2,2-6H3/b11-10-,15-9?. The molecular weight excluding hydrogens is 200 g/mol. The Bertz CT molecular complexity index is 291.